The lowest BCUT2D eigenvalue weighted by Gasteiger charge is -2.26. The van der Waals surface area contributed by atoms with Crippen LogP contribution in [0.5, 0.6) is 11.5 Å². The van der Waals surface area contributed by atoms with Crippen LogP contribution in [0.2, 0.25) is 0 Å². The van der Waals surface area contributed by atoms with Crippen molar-refractivity contribution in [3.8, 4) is 11.5 Å². The molecule has 0 saturated heterocycles. The average molecular weight is 452 g/mol. The first kappa shape index (κ1) is 26.5. The van der Waals surface area contributed by atoms with Crippen molar-refractivity contribution in [2.75, 3.05) is 20.3 Å². The highest BCUT2D eigenvalue weighted by Crippen LogP contribution is 2.33. The van der Waals surface area contributed by atoms with Crippen molar-refractivity contribution in [3.05, 3.63) is 54.1 Å². The van der Waals surface area contributed by atoms with Crippen LogP contribution >= 0.6 is 0 Å². The van der Waals surface area contributed by atoms with Gasteiger partial charge in [-0.1, -0.05) is 38.5 Å². The summed E-state index contributed by atoms with van der Waals surface area (Å²) in [6.07, 6.45) is 1.61. The molecule has 0 spiro atoms. The van der Waals surface area contributed by atoms with E-state index < -0.39 is 20.6 Å². The summed E-state index contributed by atoms with van der Waals surface area (Å²) in [5.74, 6) is -0.411. The largest absolute Gasteiger partial charge is 0.497 e. The number of hydrogen-bond donors (Lipinski definition) is 2. The highest BCUT2D eigenvalue weighted by Gasteiger charge is 2.48. The summed E-state index contributed by atoms with van der Waals surface area (Å²) >= 11 is 0. The Kier molecular flexibility index (Phi) is 10.5. The second kappa shape index (κ2) is 12.3. The van der Waals surface area contributed by atoms with Gasteiger partial charge in [-0.3, -0.25) is 4.79 Å². The van der Waals surface area contributed by atoms with Gasteiger partial charge in [0.2, 0.25) is 0 Å². The van der Waals surface area contributed by atoms with E-state index in [1.807, 2.05) is 13.8 Å². The number of carbonyl (C=O) groups is 1. The van der Waals surface area contributed by atoms with Gasteiger partial charge in [0, 0.05) is 6.42 Å². The maximum Gasteiger partial charge on any atom is 0.325 e. The zero-order valence-electron chi connectivity index (χ0n) is 18.6. The van der Waals surface area contributed by atoms with Crippen LogP contribution < -0.4 is 15.2 Å². The lowest BCUT2D eigenvalue weighted by molar-refractivity contribution is -0.139. The number of carboxylic acid groups (broad SMARTS) is 1. The van der Waals surface area contributed by atoms with Crippen molar-refractivity contribution in [1.82, 2.24) is 0 Å². The van der Waals surface area contributed by atoms with E-state index >= 15 is 0 Å². The number of sulfone groups is 1. The minimum Gasteiger partial charge on any atom is -0.497 e. The average Bonchev–Trinajstić information content (AvgIpc) is 2.75. The third kappa shape index (κ3) is 6.70. The fourth-order valence-electron chi connectivity index (χ4n) is 2.78. The highest BCUT2D eigenvalue weighted by atomic mass is 32.2. The molecule has 0 fully saturated rings. The Labute approximate surface area is 185 Å². The number of nitrogens with two attached hydrogens (primary N) is 1. The van der Waals surface area contributed by atoms with Crippen molar-refractivity contribution in [3.63, 3.8) is 0 Å². The smallest absolute Gasteiger partial charge is 0.325 e. The molecular formula is C23H33NO6S. The SMILES string of the molecule is CCCCOc1ccccc1CC(C)(C(=O)O)S(=O)(=O)c1ccc(OC)cc1.CCN. The summed E-state index contributed by atoms with van der Waals surface area (Å²) in [6, 6.07) is 12.7. The molecule has 0 aliphatic carbocycles. The monoisotopic (exact) mass is 451 g/mol. The summed E-state index contributed by atoms with van der Waals surface area (Å²) in [6.45, 7) is 6.42. The van der Waals surface area contributed by atoms with Crippen LogP contribution in [0.15, 0.2) is 53.4 Å². The Morgan fingerprint density at radius 3 is 2.19 bits per heavy atom. The number of methoxy groups -OCH3 is 1. The number of aliphatic carboxylic acids is 1. The maximum absolute atomic E-state index is 13.2. The summed E-state index contributed by atoms with van der Waals surface area (Å²) in [4.78, 5) is 12.0. The van der Waals surface area contributed by atoms with Crippen molar-refractivity contribution in [2.45, 2.75) is 49.7 Å². The summed E-state index contributed by atoms with van der Waals surface area (Å²) in [5.41, 5.74) is 5.39. The summed E-state index contributed by atoms with van der Waals surface area (Å²) in [5, 5.41) is 9.85. The molecule has 172 valence electrons. The predicted octanol–water partition coefficient (Wildman–Crippen LogP) is 3.70. The zero-order chi connectivity index (χ0) is 23.5. The van der Waals surface area contributed by atoms with E-state index in [0.29, 0.717) is 23.7 Å². The molecule has 0 amide bonds. The predicted molar refractivity (Wildman–Crippen MR) is 121 cm³/mol. The topological polar surface area (TPSA) is 116 Å². The van der Waals surface area contributed by atoms with E-state index in [-0.39, 0.29) is 11.3 Å². The van der Waals surface area contributed by atoms with Gasteiger partial charge >= 0.3 is 5.97 Å². The van der Waals surface area contributed by atoms with Gasteiger partial charge in [0.05, 0.1) is 18.6 Å². The van der Waals surface area contributed by atoms with E-state index in [9.17, 15) is 18.3 Å². The molecule has 0 saturated carbocycles. The molecule has 0 aromatic heterocycles. The Hall–Kier alpha value is -2.58. The van der Waals surface area contributed by atoms with E-state index in [1.165, 1.54) is 38.3 Å². The van der Waals surface area contributed by atoms with Gasteiger partial charge in [-0.2, -0.15) is 0 Å². The van der Waals surface area contributed by atoms with E-state index in [1.54, 1.807) is 24.3 Å². The Morgan fingerprint density at radius 2 is 1.68 bits per heavy atom. The van der Waals surface area contributed by atoms with Crippen molar-refractivity contribution >= 4 is 15.8 Å². The fourth-order valence-corrected chi connectivity index (χ4v) is 4.37. The van der Waals surface area contributed by atoms with Crippen LogP contribution in [0.1, 0.15) is 39.2 Å². The standard InChI is InChI=1S/C21H26O6S.C2H7N/c1-4-5-14-27-19-9-7-6-8-16(19)15-21(2,20(22)23)28(24,25)18-12-10-17(26-3)11-13-18;1-2-3/h6-13H,4-5,14-15H2,1-3H3,(H,22,23);2-3H2,1H3. The molecule has 2 aromatic rings. The number of ether oxygens (including phenoxy) is 2. The van der Waals surface area contributed by atoms with E-state index in [2.05, 4.69) is 0 Å². The maximum atomic E-state index is 13.2. The van der Waals surface area contributed by atoms with Crippen LogP contribution in [0.3, 0.4) is 0 Å². The lowest BCUT2D eigenvalue weighted by Crippen LogP contribution is -2.45. The first-order valence-corrected chi connectivity index (χ1v) is 11.7. The molecule has 2 aromatic carbocycles. The van der Waals surface area contributed by atoms with Crippen LogP contribution in [0.4, 0.5) is 0 Å². The normalized spacial score (nSPS) is 12.8. The summed E-state index contributed by atoms with van der Waals surface area (Å²) in [7, 11) is -2.70. The van der Waals surface area contributed by atoms with Crippen LogP contribution in [0.25, 0.3) is 0 Å². The van der Waals surface area contributed by atoms with Crippen molar-refractivity contribution < 1.29 is 27.8 Å². The first-order valence-electron chi connectivity index (χ1n) is 10.2. The number of hydrogen-bond acceptors (Lipinski definition) is 6. The van der Waals surface area contributed by atoms with Gasteiger partial charge < -0.3 is 20.3 Å². The molecule has 2 rings (SSSR count). The molecule has 0 aliphatic rings. The molecule has 1 atom stereocenters. The van der Waals surface area contributed by atoms with E-state index in [0.717, 1.165) is 19.4 Å². The minimum atomic E-state index is -4.18. The Bertz CT molecular complexity index is 927. The molecule has 0 heterocycles. The van der Waals surface area contributed by atoms with E-state index in [4.69, 9.17) is 15.2 Å². The van der Waals surface area contributed by atoms with Gasteiger partial charge in [0.15, 0.2) is 14.6 Å². The third-order valence-electron chi connectivity index (χ3n) is 4.67. The summed E-state index contributed by atoms with van der Waals surface area (Å²) < 4.78 is 35.2. The molecule has 0 bridgehead atoms. The molecular weight excluding hydrogens is 418 g/mol. The Morgan fingerprint density at radius 1 is 1.10 bits per heavy atom. The molecule has 1 unspecified atom stereocenters. The number of carboxylic acids is 1. The molecule has 0 radical (unpaired) electrons. The van der Waals surface area contributed by atoms with Gasteiger partial charge in [-0.25, -0.2) is 8.42 Å². The van der Waals surface area contributed by atoms with Crippen LogP contribution in [-0.4, -0.2) is 44.5 Å². The molecule has 8 heteroatoms. The molecule has 0 aliphatic heterocycles. The van der Waals surface area contributed by atoms with Gasteiger partial charge in [0.1, 0.15) is 11.5 Å². The van der Waals surface area contributed by atoms with Crippen molar-refractivity contribution in [2.24, 2.45) is 5.73 Å². The number of benzene rings is 2. The lowest BCUT2D eigenvalue weighted by atomic mass is 9.99. The van der Waals surface area contributed by atoms with Gasteiger partial charge in [-0.05, 0) is 55.8 Å². The Balaban J connectivity index is 0.00000151. The van der Waals surface area contributed by atoms with Crippen LogP contribution in [0, 0.1) is 0 Å². The van der Waals surface area contributed by atoms with Gasteiger partial charge in [0.25, 0.3) is 0 Å². The highest BCUT2D eigenvalue weighted by molar-refractivity contribution is 7.93. The second-order valence-electron chi connectivity index (χ2n) is 7.11. The second-order valence-corrected chi connectivity index (χ2v) is 9.49. The first-order chi connectivity index (χ1) is 14.7. The molecule has 3 N–H and O–H groups in total. The van der Waals surface area contributed by atoms with Crippen molar-refractivity contribution in [1.29, 1.82) is 0 Å². The minimum absolute atomic E-state index is 0.0671. The quantitative estimate of drug-likeness (QED) is 0.529. The van der Waals surface area contributed by atoms with Gasteiger partial charge in [-0.15, -0.1) is 0 Å². The number of unbranched alkanes of at least 4 members (excludes halogenated alkanes) is 1. The number of para-hydroxylation sites is 1. The number of rotatable bonds is 10. The zero-order valence-corrected chi connectivity index (χ0v) is 19.4. The molecule has 31 heavy (non-hydrogen) atoms. The fraction of sp³-hybridized carbons (Fsp3) is 0.435. The molecule has 7 nitrogen and oxygen atoms in total. The third-order valence-corrected chi connectivity index (χ3v) is 7.07. The van der Waals surface area contributed by atoms with Crippen LogP contribution in [-0.2, 0) is 21.1 Å².